The number of hydrogen-bond acceptors (Lipinski definition) is 3. The average Bonchev–Trinajstić information content (AvgIpc) is 2.86. The van der Waals surface area contributed by atoms with E-state index < -0.39 is 5.97 Å². The summed E-state index contributed by atoms with van der Waals surface area (Å²) < 4.78 is 5.57. The zero-order valence-electron chi connectivity index (χ0n) is 12.5. The Morgan fingerprint density at radius 3 is 2.57 bits per heavy atom. The fourth-order valence-corrected chi connectivity index (χ4v) is 3.57. The number of hydrogen-bond donors (Lipinski definition) is 2. The second-order valence-corrected chi connectivity index (χ2v) is 6.16. The molecule has 2 N–H and O–H groups in total. The van der Waals surface area contributed by atoms with Crippen LogP contribution in [0.1, 0.15) is 48.4 Å². The maximum Gasteiger partial charge on any atom is 0.307 e. The predicted molar refractivity (Wildman–Crippen MR) is 80.7 cm³/mol. The minimum absolute atomic E-state index is 0.0922. The van der Waals surface area contributed by atoms with Crippen molar-refractivity contribution in [3.63, 3.8) is 0 Å². The third-order valence-corrected chi connectivity index (χ3v) is 4.80. The molecule has 21 heavy (non-hydrogen) atoms. The molecule has 0 bridgehead atoms. The van der Waals surface area contributed by atoms with Gasteiger partial charge in [-0.3, -0.25) is 4.79 Å². The maximum atomic E-state index is 11.1. The fourth-order valence-electron chi connectivity index (χ4n) is 3.57. The van der Waals surface area contributed by atoms with Gasteiger partial charge in [0.1, 0.15) is 5.75 Å². The molecular formula is C17H23NO3. The number of carboxylic acids is 1. The summed E-state index contributed by atoms with van der Waals surface area (Å²) in [6.07, 6.45) is 6.68. The molecule has 1 aromatic rings. The van der Waals surface area contributed by atoms with Crippen molar-refractivity contribution in [3.8, 4) is 5.75 Å². The van der Waals surface area contributed by atoms with Gasteiger partial charge in [0, 0.05) is 18.2 Å². The van der Waals surface area contributed by atoms with Crippen LogP contribution in [0.2, 0.25) is 0 Å². The first-order valence-electron chi connectivity index (χ1n) is 7.85. The molecule has 1 saturated heterocycles. The lowest BCUT2D eigenvalue weighted by atomic mass is 9.93. The van der Waals surface area contributed by atoms with Gasteiger partial charge in [-0.15, -0.1) is 0 Å². The van der Waals surface area contributed by atoms with Gasteiger partial charge >= 0.3 is 5.97 Å². The quantitative estimate of drug-likeness (QED) is 0.840. The highest BCUT2D eigenvalue weighted by Crippen LogP contribution is 2.36. The molecule has 1 aromatic carbocycles. The van der Waals surface area contributed by atoms with Crippen LogP contribution in [-0.2, 0) is 17.6 Å². The third-order valence-electron chi connectivity index (χ3n) is 4.80. The highest BCUT2D eigenvalue weighted by atomic mass is 16.5. The van der Waals surface area contributed by atoms with Gasteiger partial charge < -0.3 is 15.2 Å². The van der Waals surface area contributed by atoms with Gasteiger partial charge in [-0.1, -0.05) is 12.5 Å². The summed E-state index contributed by atoms with van der Waals surface area (Å²) in [5.74, 6) is -0.101. The monoisotopic (exact) mass is 289 g/mol. The van der Waals surface area contributed by atoms with E-state index in [1.165, 1.54) is 30.4 Å². The van der Waals surface area contributed by atoms with E-state index >= 15 is 0 Å². The number of benzene rings is 1. The molecule has 4 nitrogen and oxygen atoms in total. The number of aliphatic carboxylic acids is 1. The number of carbonyl (C=O) groups is 1. The van der Waals surface area contributed by atoms with Crippen LogP contribution in [0.15, 0.2) is 12.1 Å². The van der Waals surface area contributed by atoms with Crippen LogP contribution in [0.25, 0.3) is 0 Å². The smallest absolute Gasteiger partial charge is 0.307 e. The molecular weight excluding hydrogens is 266 g/mol. The van der Waals surface area contributed by atoms with Crippen molar-refractivity contribution >= 4 is 5.97 Å². The Hall–Kier alpha value is -1.55. The Labute approximate surface area is 125 Å². The number of nitrogens with one attached hydrogen (secondary N) is 1. The van der Waals surface area contributed by atoms with E-state index in [0.717, 1.165) is 24.2 Å². The van der Waals surface area contributed by atoms with Gasteiger partial charge in [0.2, 0.25) is 0 Å². The number of rotatable bonds is 3. The Balaban J connectivity index is 1.91. The Morgan fingerprint density at radius 2 is 1.95 bits per heavy atom. The molecule has 0 amide bonds. The molecule has 114 valence electrons. The van der Waals surface area contributed by atoms with Crippen molar-refractivity contribution in [2.75, 3.05) is 13.7 Å². The Kier molecular flexibility index (Phi) is 4.15. The zero-order chi connectivity index (χ0) is 14.8. The Bertz CT molecular complexity index is 541. The Morgan fingerprint density at radius 1 is 1.24 bits per heavy atom. The van der Waals surface area contributed by atoms with Gasteiger partial charge in [-0.25, -0.2) is 0 Å². The van der Waals surface area contributed by atoms with E-state index in [2.05, 4.69) is 17.4 Å². The summed E-state index contributed by atoms with van der Waals surface area (Å²) in [6.45, 7) is 0.542. The van der Waals surface area contributed by atoms with Crippen molar-refractivity contribution in [1.82, 2.24) is 5.32 Å². The molecule has 1 aliphatic heterocycles. The molecule has 0 spiro atoms. The third kappa shape index (κ3) is 2.91. The summed E-state index contributed by atoms with van der Waals surface area (Å²) in [5.41, 5.74) is 3.95. The summed E-state index contributed by atoms with van der Waals surface area (Å²) in [6, 6.07) is 4.52. The van der Waals surface area contributed by atoms with Crippen LogP contribution in [0.5, 0.6) is 5.75 Å². The summed E-state index contributed by atoms with van der Waals surface area (Å²) >= 11 is 0. The van der Waals surface area contributed by atoms with E-state index in [4.69, 9.17) is 9.84 Å². The molecule has 2 atom stereocenters. The van der Waals surface area contributed by atoms with Gasteiger partial charge in [-0.2, -0.15) is 0 Å². The molecule has 0 aromatic heterocycles. The largest absolute Gasteiger partial charge is 0.496 e. The van der Waals surface area contributed by atoms with Crippen LogP contribution in [-0.4, -0.2) is 24.7 Å². The van der Waals surface area contributed by atoms with Crippen molar-refractivity contribution in [3.05, 3.63) is 28.8 Å². The van der Waals surface area contributed by atoms with Crippen molar-refractivity contribution < 1.29 is 14.6 Å². The summed E-state index contributed by atoms with van der Waals surface area (Å²) in [5, 5.41) is 12.5. The number of methoxy groups -OCH3 is 1. The average molecular weight is 289 g/mol. The molecule has 4 heteroatoms. The van der Waals surface area contributed by atoms with Crippen molar-refractivity contribution in [2.24, 2.45) is 5.92 Å². The normalized spacial score (nSPS) is 25.2. The first-order valence-corrected chi connectivity index (χ1v) is 7.85. The van der Waals surface area contributed by atoms with E-state index in [9.17, 15) is 4.79 Å². The highest BCUT2D eigenvalue weighted by molar-refractivity contribution is 5.71. The first kappa shape index (κ1) is 14.4. The lowest BCUT2D eigenvalue weighted by molar-refractivity contribution is -0.141. The van der Waals surface area contributed by atoms with Gasteiger partial charge in [0.05, 0.1) is 13.0 Å². The van der Waals surface area contributed by atoms with E-state index in [1.54, 1.807) is 7.11 Å². The minimum atomic E-state index is -0.710. The first-order chi connectivity index (χ1) is 10.2. The lowest BCUT2D eigenvalue weighted by Gasteiger charge is -2.18. The second kappa shape index (κ2) is 6.06. The molecule has 1 aliphatic carbocycles. The van der Waals surface area contributed by atoms with E-state index in [-0.39, 0.29) is 12.0 Å². The lowest BCUT2D eigenvalue weighted by Crippen LogP contribution is -2.17. The zero-order valence-corrected chi connectivity index (χ0v) is 12.5. The van der Waals surface area contributed by atoms with Gasteiger partial charge in [-0.05, 0) is 49.3 Å². The van der Waals surface area contributed by atoms with Crippen LogP contribution < -0.4 is 10.1 Å². The number of aryl methyl sites for hydroxylation is 2. The van der Waals surface area contributed by atoms with Gasteiger partial charge in [0.25, 0.3) is 0 Å². The SMILES string of the molecule is COc1cc2c(cc1C1CC(C(=O)O)CN1)CCCCC2. The molecule has 1 heterocycles. The van der Waals surface area contributed by atoms with Crippen molar-refractivity contribution in [1.29, 1.82) is 0 Å². The molecule has 0 saturated carbocycles. The van der Waals surface area contributed by atoms with Crippen LogP contribution >= 0.6 is 0 Å². The predicted octanol–water partition coefficient (Wildman–Crippen LogP) is 2.70. The minimum Gasteiger partial charge on any atom is -0.496 e. The van der Waals surface area contributed by atoms with Crippen LogP contribution in [0.4, 0.5) is 0 Å². The molecule has 0 radical (unpaired) electrons. The molecule has 2 aliphatic rings. The summed E-state index contributed by atoms with van der Waals surface area (Å²) in [7, 11) is 1.70. The topological polar surface area (TPSA) is 58.6 Å². The molecule has 1 fully saturated rings. The van der Waals surface area contributed by atoms with E-state index in [0.29, 0.717) is 13.0 Å². The van der Waals surface area contributed by atoms with Gasteiger partial charge in [0.15, 0.2) is 0 Å². The maximum absolute atomic E-state index is 11.1. The number of ether oxygens (including phenoxy) is 1. The van der Waals surface area contributed by atoms with E-state index in [1.807, 2.05) is 0 Å². The fraction of sp³-hybridized carbons (Fsp3) is 0.588. The summed E-state index contributed by atoms with van der Waals surface area (Å²) in [4.78, 5) is 11.1. The van der Waals surface area contributed by atoms with Crippen LogP contribution in [0.3, 0.4) is 0 Å². The second-order valence-electron chi connectivity index (χ2n) is 6.16. The molecule has 2 unspecified atom stereocenters. The number of fused-ring (bicyclic) bond motifs is 1. The highest BCUT2D eigenvalue weighted by Gasteiger charge is 2.32. The number of carboxylic acid groups (broad SMARTS) is 1. The standard InChI is InChI=1S/C17H23NO3/c1-21-16-9-12-6-4-2-3-5-11(12)7-14(16)15-8-13(10-18-15)17(19)20/h7,9,13,15,18H,2-6,8,10H2,1H3,(H,19,20). The van der Waals surface area contributed by atoms with Crippen LogP contribution in [0, 0.1) is 5.92 Å². The van der Waals surface area contributed by atoms with Crippen molar-refractivity contribution in [2.45, 2.75) is 44.6 Å². The molecule has 3 rings (SSSR count).